The summed E-state index contributed by atoms with van der Waals surface area (Å²) in [5, 5.41) is 21.9. The molecule has 0 saturated carbocycles. The summed E-state index contributed by atoms with van der Waals surface area (Å²) in [6.07, 6.45) is 3.07. The second kappa shape index (κ2) is 7.43. The van der Waals surface area contributed by atoms with Gasteiger partial charge in [0.2, 0.25) is 0 Å². The fraction of sp³-hybridized carbons (Fsp3) is 0. The number of hydrogen-bond donors (Lipinski definition) is 0. The number of carbonyl (C=O) groups excluding carboxylic acids is 2. The minimum atomic E-state index is -1.28. The van der Waals surface area contributed by atoms with Crippen LogP contribution in [0.1, 0.15) is 31.8 Å². The molecular formula is C16H10CuO4. The molecule has 5 heteroatoms. The van der Waals surface area contributed by atoms with Gasteiger partial charge < -0.3 is 19.8 Å². The number of carboxylic acid groups (broad SMARTS) is 2. The van der Waals surface area contributed by atoms with Gasteiger partial charge in [0.1, 0.15) is 0 Å². The van der Waals surface area contributed by atoms with Crippen LogP contribution in [0.2, 0.25) is 0 Å². The van der Waals surface area contributed by atoms with Crippen LogP contribution in [-0.2, 0) is 17.1 Å². The van der Waals surface area contributed by atoms with Crippen molar-refractivity contribution in [3.8, 4) is 0 Å². The number of carbonyl (C=O) groups is 2. The Morgan fingerprint density at radius 2 is 1.05 bits per heavy atom. The Kier molecular flexibility index (Phi) is 5.91. The van der Waals surface area contributed by atoms with Crippen LogP contribution in [0, 0.1) is 0 Å². The van der Waals surface area contributed by atoms with E-state index < -0.39 is 11.9 Å². The molecule has 0 aromatic heterocycles. The van der Waals surface area contributed by atoms with Crippen LogP contribution >= 0.6 is 0 Å². The van der Waals surface area contributed by atoms with Crippen LogP contribution in [0.4, 0.5) is 0 Å². The molecule has 0 amide bonds. The summed E-state index contributed by atoms with van der Waals surface area (Å²) in [7, 11) is 0. The molecule has 0 saturated heterocycles. The SMILES string of the molecule is O=C([O-])c1ccccc1/C=C/c1ccccc1C(=O)[O-].[Cu+2]. The Hall–Kier alpha value is -2.36. The van der Waals surface area contributed by atoms with Crippen molar-refractivity contribution in [3.05, 3.63) is 70.8 Å². The van der Waals surface area contributed by atoms with Crippen molar-refractivity contribution < 1.29 is 36.9 Å². The Morgan fingerprint density at radius 3 is 1.38 bits per heavy atom. The molecule has 0 aliphatic rings. The van der Waals surface area contributed by atoms with Gasteiger partial charge in [-0.3, -0.25) is 0 Å². The first-order valence-corrected chi connectivity index (χ1v) is 5.88. The van der Waals surface area contributed by atoms with E-state index in [2.05, 4.69) is 0 Å². The first kappa shape index (κ1) is 16.7. The van der Waals surface area contributed by atoms with Gasteiger partial charge in [0.15, 0.2) is 0 Å². The molecule has 0 spiro atoms. The van der Waals surface area contributed by atoms with Gasteiger partial charge in [-0.1, -0.05) is 60.7 Å². The normalized spacial score (nSPS) is 10.1. The van der Waals surface area contributed by atoms with Crippen molar-refractivity contribution >= 4 is 24.1 Å². The van der Waals surface area contributed by atoms with Gasteiger partial charge >= 0.3 is 17.1 Å². The molecule has 0 unspecified atom stereocenters. The Bertz CT molecular complexity index is 633. The number of hydrogen-bond acceptors (Lipinski definition) is 4. The van der Waals surface area contributed by atoms with Gasteiger partial charge in [0, 0.05) is 11.1 Å². The van der Waals surface area contributed by atoms with Crippen molar-refractivity contribution in [3.63, 3.8) is 0 Å². The summed E-state index contributed by atoms with van der Waals surface area (Å²) >= 11 is 0. The Balaban J connectivity index is 0.00000220. The van der Waals surface area contributed by atoms with E-state index in [9.17, 15) is 19.8 Å². The van der Waals surface area contributed by atoms with Gasteiger partial charge in [-0.25, -0.2) is 0 Å². The van der Waals surface area contributed by atoms with E-state index in [4.69, 9.17) is 0 Å². The summed E-state index contributed by atoms with van der Waals surface area (Å²) in [6, 6.07) is 12.7. The van der Waals surface area contributed by atoms with Crippen molar-refractivity contribution in [2.45, 2.75) is 0 Å². The van der Waals surface area contributed by atoms with E-state index in [0.29, 0.717) is 11.1 Å². The molecule has 0 fully saturated rings. The second-order valence-electron chi connectivity index (χ2n) is 4.08. The van der Waals surface area contributed by atoms with E-state index in [-0.39, 0.29) is 28.2 Å². The minimum Gasteiger partial charge on any atom is -0.545 e. The molecule has 2 rings (SSSR count). The first-order chi connectivity index (χ1) is 9.59. The van der Waals surface area contributed by atoms with Gasteiger partial charge in [0.25, 0.3) is 0 Å². The summed E-state index contributed by atoms with van der Waals surface area (Å²) in [6.45, 7) is 0. The molecule has 2 aromatic carbocycles. The maximum absolute atomic E-state index is 11.0. The maximum atomic E-state index is 11.0. The van der Waals surface area contributed by atoms with Crippen LogP contribution in [-0.4, -0.2) is 11.9 Å². The molecule has 1 radical (unpaired) electrons. The Morgan fingerprint density at radius 1 is 0.714 bits per heavy atom. The zero-order valence-electron chi connectivity index (χ0n) is 10.7. The molecular weight excluding hydrogens is 320 g/mol. The van der Waals surface area contributed by atoms with Crippen LogP contribution in [0.15, 0.2) is 48.5 Å². The van der Waals surface area contributed by atoms with Crippen LogP contribution in [0.5, 0.6) is 0 Å². The van der Waals surface area contributed by atoms with E-state index in [0.717, 1.165) is 0 Å². The van der Waals surface area contributed by atoms with Gasteiger partial charge in [-0.2, -0.15) is 0 Å². The molecule has 2 aromatic rings. The predicted molar refractivity (Wildman–Crippen MR) is 70.5 cm³/mol. The van der Waals surface area contributed by atoms with E-state index >= 15 is 0 Å². The first-order valence-electron chi connectivity index (χ1n) is 5.88. The molecule has 109 valence electrons. The molecule has 0 aliphatic carbocycles. The van der Waals surface area contributed by atoms with Crippen LogP contribution in [0.25, 0.3) is 12.2 Å². The van der Waals surface area contributed by atoms with Crippen LogP contribution < -0.4 is 10.2 Å². The topological polar surface area (TPSA) is 80.3 Å². The number of benzene rings is 2. The summed E-state index contributed by atoms with van der Waals surface area (Å²) < 4.78 is 0. The standard InChI is InChI=1S/C16H12O4.Cu/c17-15(18)13-7-3-1-5-11(13)9-10-12-6-2-4-8-14(12)16(19)20;/h1-10H,(H,17,18)(H,19,20);/q;+2/p-2/b10-9+;. The van der Waals surface area contributed by atoms with Gasteiger partial charge in [-0.15, -0.1) is 0 Å². The molecule has 0 aliphatic heterocycles. The monoisotopic (exact) mass is 329 g/mol. The predicted octanol–water partition coefficient (Wildman–Crippen LogP) is 0.581. The van der Waals surface area contributed by atoms with Crippen molar-refractivity contribution in [1.82, 2.24) is 0 Å². The molecule has 4 nitrogen and oxygen atoms in total. The molecule has 21 heavy (non-hydrogen) atoms. The fourth-order valence-corrected chi connectivity index (χ4v) is 1.84. The second-order valence-corrected chi connectivity index (χ2v) is 4.08. The average Bonchev–Trinajstić information content (AvgIpc) is 2.45. The molecule has 0 N–H and O–H groups in total. The average molecular weight is 330 g/mol. The quantitative estimate of drug-likeness (QED) is 0.607. The van der Waals surface area contributed by atoms with E-state index in [1.54, 1.807) is 36.4 Å². The number of rotatable bonds is 4. The molecule has 0 bridgehead atoms. The van der Waals surface area contributed by atoms with Crippen molar-refractivity contribution in [2.24, 2.45) is 0 Å². The third-order valence-electron chi connectivity index (χ3n) is 2.80. The number of aromatic carboxylic acids is 2. The van der Waals surface area contributed by atoms with Crippen molar-refractivity contribution in [2.75, 3.05) is 0 Å². The summed E-state index contributed by atoms with van der Waals surface area (Å²) in [5.74, 6) is -2.56. The third-order valence-corrected chi connectivity index (χ3v) is 2.80. The van der Waals surface area contributed by atoms with Gasteiger partial charge in [-0.05, 0) is 11.1 Å². The van der Waals surface area contributed by atoms with E-state index in [1.165, 1.54) is 24.3 Å². The zero-order chi connectivity index (χ0) is 14.5. The smallest absolute Gasteiger partial charge is 0.545 e. The van der Waals surface area contributed by atoms with Crippen LogP contribution in [0.3, 0.4) is 0 Å². The third kappa shape index (κ3) is 4.05. The zero-order valence-corrected chi connectivity index (χ0v) is 11.6. The minimum absolute atomic E-state index is 0. The Labute approximate surface area is 132 Å². The fourth-order valence-electron chi connectivity index (χ4n) is 1.84. The number of carboxylic acids is 2. The molecule has 0 atom stereocenters. The van der Waals surface area contributed by atoms with Crippen molar-refractivity contribution in [1.29, 1.82) is 0 Å². The summed E-state index contributed by atoms with van der Waals surface area (Å²) in [4.78, 5) is 21.9. The maximum Gasteiger partial charge on any atom is 2.00 e. The molecule has 0 heterocycles. The largest absolute Gasteiger partial charge is 2.00 e. The van der Waals surface area contributed by atoms with Gasteiger partial charge in [0.05, 0.1) is 11.9 Å². The van der Waals surface area contributed by atoms with E-state index in [1.807, 2.05) is 0 Å². The summed E-state index contributed by atoms with van der Waals surface area (Å²) in [5.41, 5.74) is 0.991.